The van der Waals surface area contributed by atoms with Gasteiger partial charge in [0.2, 0.25) is 0 Å². The summed E-state index contributed by atoms with van der Waals surface area (Å²) in [6, 6.07) is 0. The number of fused-ring (bicyclic) bond motifs is 5. The van der Waals surface area contributed by atoms with Gasteiger partial charge in [-0.2, -0.15) is 0 Å². The summed E-state index contributed by atoms with van der Waals surface area (Å²) in [5.41, 5.74) is 2.17. The molecule has 0 aromatic rings. The van der Waals surface area contributed by atoms with Gasteiger partial charge in [0, 0.05) is 13.0 Å². The maximum atomic E-state index is 11.8. The first-order chi connectivity index (χ1) is 9.53. The number of ketones is 1. The molecule has 2 heteroatoms. The Kier molecular flexibility index (Phi) is 2.74. The molecule has 0 aromatic heterocycles. The fraction of sp³-hybridized carbons (Fsp3) is 0.833. The van der Waals surface area contributed by atoms with Crippen LogP contribution in [0.2, 0.25) is 0 Å². The van der Waals surface area contributed by atoms with Crippen LogP contribution in [0.15, 0.2) is 11.6 Å². The number of hydrogen-bond donors (Lipinski definition) is 0. The van der Waals surface area contributed by atoms with Gasteiger partial charge in [-0.15, -0.1) is 0 Å². The second-order valence-electron chi connectivity index (χ2n) is 8.10. The maximum absolute atomic E-state index is 11.8. The molecule has 1 aliphatic heterocycles. The second-order valence-corrected chi connectivity index (χ2v) is 8.10. The van der Waals surface area contributed by atoms with Crippen LogP contribution < -0.4 is 0 Å². The fourth-order valence-electron chi connectivity index (χ4n) is 5.80. The lowest BCUT2D eigenvalue weighted by molar-refractivity contribution is -0.119. The second kappa shape index (κ2) is 4.19. The van der Waals surface area contributed by atoms with Gasteiger partial charge >= 0.3 is 0 Å². The first kappa shape index (κ1) is 13.1. The zero-order chi connectivity index (χ0) is 14.0. The molecule has 0 amide bonds. The van der Waals surface area contributed by atoms with E-state index in [-0.39, 0.29) is 5.41 Å². The van der Waals surface area contributed by atoms with Crippen molar-refractivity contribution in [3.8, 4) is 0 Å². The van der Waals surface area contributed by atoms with Gasteiger partial charge in [-0.1, -0.05) is 19.4 Å². The average Bonchev–Trinajstić information content (AvgIpc) is 2.81. The van der Waals surface area contributed by atoms with Crippen LogP contribution in [-0.4, -0.2) is 18.5 Å². The summed E-state index contributed by atoms with van der Waals surface area (Å²) in [5, 5.41) is 0. The van der Waals surface area contributed by atoms with Gasteiger partial charge in [-0.05, 0) is 67.3 Å². The van der Waals surface area contributed by atoms with Gasteiger partial charge in [-0.3, -0.25) is 4.79 Å². The van der Waals surface area contributed by atoms with E-state index in [0.29, 0.717) is 17.3 Å². The van der Waals surface area contributed by atoms with E-state index in [0.717, 1.165) is 37.7 Å². The smallest absolute Gasteiger partial charge is 0.155 e. The normalized spacial score (nSPS) is 51.0. The van der Waals surface area contributed by atoms with E-state index in [1.165, 1.54) is 31.3 Å². The molecule has 0 spiro atoms. The molecular formula is C18H26O2. The zero-order valence-corrected chi connectivity index (χ0v) is 12.8. The third-order valence-corrected chi connectivity index (χ3v) is 7.11. The molecule has 1 heterocycles. The SMILES string of the molecule is C[C@@]12CCO[C@H]1[C@@H]1CCC3=CC(=O)CC[C@]3(C)[C@H]1CC2. The Morgan fingerprint density at radius 1 is 1.15 bits per heavy atom. The van der Waals surface area contributed by atoms with E-state index in [9.17, 15) is 4.79 Å². The molecule has 5 atom stereocenters. The van der Waals surface area contributed by atoms with E-state index >= 15 is 0 Å². The Morgan fingerprint density at radius 3 is 2.85 bits per heavy atom. The molecule has 0 bridgehead atoms. The number of allylic oxidation sites excluding steroid dienone is 2. The average molecular weight is 274 g/mol. The molecule has 2 nitrogen and oxygen atoms in total. The van der Waals surface area contributed by atoms with Crippen molar-refractivity contribution in [1.82, 2.24) is 0 Å². The molecule has 4 rings (SSSR count). The van der Waals surface area contributed by atoms with Crippen LogP contribution in [0.4, 0.5) is 0 Å². The van der Waals surface area contributed by atoms with Crippen molar-refractivity contribution < 1.29 is 9.53 Å². The lowest BCUT2D eigenvalue weighted by Gasteiger charge is -2.56. The third kappa shape index (κ3) is 1.63. The van der Waals surface area contributed by atoms with Gasteiger partial charge in [0.1, 0.15) is 0 Å². The lowest BCUT2D eigenvalue weighted by Crippen LogP contribution is -2.52. The minimum atomic E-state index is 0.282. The van der Waals surface area contributed by atoms with Crippen molar-refractivity contribution in [3.05, 3.63) is 11.6 Å². The van der Waals surface area contributed by atoms with E-state index in [2.05, 4.69) is 13.8 Å². The van der Waals surface area contributed by atoms with E-state index < -0.39 is 0 Å². The topological polar surface area (TPSA) is 26.3 Å². The van der Waals surface area contributed by atoms with Crippen LogP contribution in [0.5, 0.6) is 0 Å². The monoisotopic (exact) mass is 274 g/mol. The predicted octanol–water partition coefficient (Wildman–Crippen LogP) is 3.90. The lowest BCUT2D eigenvalue weighted by atomic mass is 9.49. The van der Waals surface area contributed by atoms with Crippen LogP contribution in [0.3, 0.4) is 0 Å². The highest BCUT2D eigenvalue weighted by atomic mass is 16.5. The Morgan fingerprint density at radius 2 is 2.00 bits per heavy atom. The number of carbonyl (C=O) groups is 1. The van der Waals surface area contributed by atoms with Crippen molar-refractivity contribution in [2.45, 2.75) is 64.9 Å². The summed E-state index contributed by atoms with van der Waals surface area (Å²) in [7, 11) is 0. The largest absolute Gasteiger partial charge is 0.377 e. The number of rotatable bonds is 0. The van der Waals surface area contributed by atoms with E-state index in [1.54, 1.807) is 0 Å². The minimum Gasteiger partial charge on any atom is -0.377 e. The van der Waals surface area contributed by atoms with Crippen molar-refractivity contribution in [1.29, 1.82) is 0 Å². The van der Waals surface area contributed by atoms with Crippen molar-refractivity contribution in [2.24, 2.45) is 22.7 Å². The van der Waals surface area contributed by atoms with Crippen LogP contribution in [0.1, 0.15) is 58.8 Å². The van der Waals surface area contributed by atoms with Gasteiger partial charge in [-0.25, -0.2) is 0 Å². The molecule has 3 fully saturated rings. The van der Waals surface area contributed by atoms with E-state index in [4.69, 9.17) is 4.74 Å². The Labute approximate surface area is 122 Å². The predicted molar refractivity (Wildman–Crippen MR) is 78.3 cm³/mol. The van der Waals surface area contributed by atoms with Gasteiger partial charge in [0.05, 0.1) is 6.10 Å². The first-order valence-electron chi connectivity index (χ1n) is 8.38. The molecular weight excluding hydrogens is 248 g/mol. The number of ether oxygens (including phenoxy) is 1. The van der Waals surface area contributed by atoms with Crippen LogP contribution >= 0.6 is 0 Å². The quantitative estimate of drug-likeness (QED) is 0.669. The molecule has 1 saturated heterocycles. The molecule has 0 radical (unpaired) electrons. The van der Waals surface area contributed by atoms with Crippen molar-refractivity contribution >= 4 is 5.78 Å². The molecule has 4 aliphatic rings. The third-order valence-electron chi connectivity index (χ3n) is 7.11. The summed E-state index contributed by atoms with van der Waals surface area (Å²) >= 11 is 0. The molecule has 0 N–H and O–H groups in total. The molecule has 110 valence electrons. The Balaban J connectivity index is 1.69. The van der Waals surface area contributed by atoms with Crippen molar-refractivity contribution in [3.63, 3.8) is 0 Å². The summed E-state index contributed by atoms with van der Waals surface area (Å²) in [4.78, 5) is 11.8. The fourth-order valence-corrected chi connectivity index (χ4v) is 5.80. The first-order valence-corrected chi connectivity index (χ1v) is 8.38. The highest BCUT2D eigenvalue weighted by Crippen LogP contribution is 2.61. The summed E-state index contributed by atoms with van der Waals surface area (Å²) in [6.45, 7) is 5.83. The van der Waals surface area contributed by atoms with Gasteiger partial charge < -0.3 is 4.74 Å². The number of carbonyl (C=O) groups excluding carboxylic acids is 1. The minimum absolute atomic E-state index is 0.282. The summed E-state index contributed by atoms with van der Waals surface area (Å²) in [6.07, 6.45) is 10.6. The Bertz CT molecular complexity index is 480. The highest BCUT2D eigenvalue weighted by molar-refractivity contribution is 5.91. The molecule has 0 aromatic carbocycles. The van der Waals surface area contributed by atoms with Crippen LogP contribution in [0, 0.1) is 22.7 Å². The molecule has 0 unspecified atom stereocenters. The number of hydrogen-bond acceptors (Lipinski definition) is 2. The summed E-state index contributed by atoms with van der Waals surface area (Å²) in [5.74, 6) is 1.83. The molecule has 3 aliphatic carbocycles. The van der Waals surface area contributed by atoms with Crippen molar-refractivity contribution in [2.75, 3.05) is 6.61 Å². The zero-order valence-electron chi connectivity index (χ0n) is 12.8. The maximum Gasteiger partial charge on any atom is 0.155 e. The molecule has 20 heavy (non-hydrogen) atoms. The van der Waals surface area contributed by atoms with Crippen LogP contribution in [0.25, 0.3) is 0 Å². The molecule has 2 saturated carbocycles. The van der Waals surface area contributed by atoms with Crippen LogP contribution in [-0.2, 0) is 9.53 Å². The van der Waals surface area contributed by atoms with Gasteiger partial charge in [0.15, 0.2) is 5.78 Å². The van der Waals surface area contributed by atoms with Gasteiger partial charge in [0.25, 0.3) is 0 Å². The Hall–Kier alpha value is -0.630. The standard InChI is InChI=1S/C18H26O2/c1-17-7-6-15-14(16(17)20-10-9-17)4-3-12-11-13(19)5-8-18(12,15)2/h11,14-16H,3-10H2,1-2H3/t14-,15+,16+,17-,18+/m1/s1. The van der Waals surface area contributed by atoms with E-state index in [1.807, 2.05) is 6.08 Å². The summed E-state index contributed by atoms with van der Waals surface area (Å²) < 4.78 is 6.19. The highest BCUT2D eigenvalue weighted by Gasteiger charge is 2.57.